The van der Waals surface area contributed by atoms with Gasteiger partial charge in [-0.15, -0.1) is 0 Å². The quantitative estimate of drug-likeness (QED) is 0.669. The average Bonchev–Trinajstić information content (AvgIpc) is 2.21. The number of hydrogen-bond donors (Lipinski definition) is 3. The number of methoxy groups -OCH3 is 1. The molecule has 84 valence electrons. The zero-order valence-corrected chi connectivity index (χ0v) is 7.87. The summed E-state index contributed by atoms with van der Waals surface area (Å²) in [5, 5.41) is 26.7. The molecule has 0 saturated heterocycles. The Morgan fingerprint density at radius 1 is 1.33 bits per heavy atom. The van der Waals surface area contributed by atoms with E-state index in [1.54, 1.807) is 0 Å². The lowest BCUT2D eigenvalue weighted by molar-refractivity contribution is -0.0559. The Balaban J connectivity index is 3.28. The van der Waals surface area contributed by atoms with E-state index in [0.717, 1.165) is 13.2 Å². The van der Waals surface area contributed by atoms with E-state index in [1.807, 2.05) is 0 Å². The Labute approximate surface area is 84.4 Å². The molecule has 1 aromatic carbocycles. The topological polar surface area (TPSA) is 69.9 Å². The molecular weight excluding hydrogens is 210 g/mol. The van der Waals surface area contributed by atoms with Crippen LogP contribution in [0.2, 0.25) is 0 Å². The molecule has 0 bridgehead atoms. The first kappa shape index (κ1) is 11.5. The summed E-state index contributed by atoms with van der Waals surface area (Å²) in [6.45, 7) is -1.39. The molecule has 0 atom stereocenters. The van der Waals surface area contributed by atoms with Gasteiger partial charge in [-0.25, -0.2) is 0 Å². The molecule has 15 heavy (non-hydrogen) atoms. The zero-order chi connectivity index (χ0) is 11.6. The zero-order valence-electron chi connectivity index (χ0n) is 7.87. The highest BCUT2D eigenvalue weighted by Gasteiger charge is 2.32. The van der Waals surface area contributed by atoms with E-state index in [0.29, 0.717) is 6.07 Å². The van der Waals surface area contributed by atoms with Crippen LogP contribution in [0.1, 0.15) is 5.56 Å². The SMILES string of the molecule is COc1cc(C(F)(F)CO)cc(O)c1O. The minimum atomic E-state index is -3.49. The van der Waals surface area contributed by atoms with Gasteiger partial charge in [-0.1, -0.05) is 0 Å². The van der Waals surface area contributed by atoms with E-state index < -0.39 is 29.6 Å². The molecule has 6 heteroatoms. The molecule has 3 N–H and O–H groups in total. The highest BCUT2D eigenvalue weighted by molar-refractivity contribution is 5.52. The lowest BCUT2D eigenvalue weighted by atomic mass is 10.1. The van der Waals surface area contributed by atoms with Crippen LogP contribution in [0.25, 0.3) is 0 Å². The Morgan fingerprint density at radius 2 is 1.93 bits per heavy atom. The van der Waals surface area contributed by atoms with Gasteiger partial charge in [-0.2, -0.15) is 8.78 Å². The lowest BCUT2D eigenvalue weighted by Crippen LogP contribution is -2.18. The highest BCUT2D eigenvalue weighted by atomic mass is 19.3. The van der Waals surface area contributed by atoms with Gasteiger partial charge in [-0.05, 0) is 12.1 Å². The van der Waals surface area contributed by atoms with Crippen molar-refractivity contribution in [3.8, 4) is 17.2 Å². The summed E-state index contributed by atoms with van der Waals surface area (Å²) in [5.41, 5.74) is -0.628. The van der Waals surface area contributed by atoms with E-state index in [2.05, 4.69) is 4.74 Å². The van der Waals surface area contributed by atoms with Crippen LogP contribution in [0.3, 0.4) is 0 Å². The van der Waals surface area contributed by atoms with Crippen molar-refractivity contribution >= 4 is 0 Å². The normalized spacial score (nSPS) is 11.5. The number of hydrogen-bond acceptors (Lipinski definition) is 4. The van der Waals surface area contributed by atoms with Crippen molar-refractivity contribution in [1.29, 1.82) is 0 Å². The minimum Gasteiger partial charge on any atom is -0.504 e. The van der Waals surface area contributed by atoms with E-state index in [-0.39, 0.29) is 5.75 Å². The minimum absolute atomic E-state index is 0.280. The molecule has 1 aromatic rings. The fraction of sp³-hybridized carbons (Fsp3) is 0.333. The molecule has 1 rings (SSSR count). The predicted octanol–water partition coefficient (Wildman–Crippen LogP) is 1.19. The average molecular weight is 220 g/mol. The summed E-state index contributed by atoms with van der Waals surface area (Å²) in [4.78, 5) is 0. The van der Waals surface area contributed by atoms with Gasteiger partial charge in [0, 0.05) is 5.56 Å². The van der Waals surface area contributed by atoms with Crippen LogP contribution in [0.15, 0.2) is 12.1 Å². The molecule has 0 spiro atoms. The van der Waals surface area contributed by atoms with Gasteiger partial charge in [0.05, 0.1) is 7.11 Å². The Bertz CT molecular complexity index is 365. The molecule has 0 aromatic heterocycles. The van der Waals surface area contributed by atoms with Crippen LogP contribution in [0, 0.1) is 0 Å². The smallest absolute Gasteiger partial charge is 0.296 e. The third-order valence-corrected chi connectivity index (χ3v) is 1.90. The standard InChI is InChI=1S/C9H10F2O4/c1-15-7-3-5(9(10,11)4-12)2-6(13)8(7)14/h2-3,12-14H,4H2,1H3. The van der Waals surface area contributed by atoms with Crippen LogP contribution >= 0.6 is 0 Å². The van der Waals surface area contributed by atoms with Crippen molar-refractivity contribution in [2.24, 2.45) is 0 Å². The molecule has 0 aliphatic rings. The predicted molar refractivity (Wildman–Crippen MR) is 47.3 cm³/mol. The largest absolute Gasteiger partial charge is 0.504 e. The van der Waals surface area contributed by atoms with Crippen LogP contribution in [0.4, 0.5) is 8.78 Å². The molecule has 0 unspecified atom stereocenters. The van der Waals surface area contributed by atoms with Gasteiger partial charge in [0.15, 0.2) is 11.5 Å². The molecule has 0 fully saturated rings. The lowest BCUT2D eigenvalue weighted by Gasteiger charge is -2.15. The van der Waals surface area contributed by atoms with Crippen molar-refractivity contribution in [3.05, 3.63) is 17.7 Å². The number of aliphatic hydroxyl groups is 1. The van der Waals surface area contributed by atoms with E-state index >= 15 is 0 Å². The second-order valence-corrected chi connectivity index (χ2v) is 2.91. The van der Waals surface area contributed by atoms with E-state index in [9.17, 15) is 13.9 Å². The third-order valence-electron chi connectivity index (χ3n) is 1.90. The summed E-state index contributed by atoms with van der Waals surface area (Å²) in [7, 11) is 1.16. The Kier molecular flexibility index (Phi) is 2.99. The van der Waals surface area contributed by atoms with Crippen LogP contribution in [0.5, 0.6) is 17.2 Å². The summed E-state index contributed by atoms with van der Waals surface area (Å²) in [6, 6.07) is 1.53. The van der Waals surface area contributed by atoms with Gasteiger partial charge in [0.2, 0.25) is 5.75 Å². The Morgan fingerprint density at radius 3 is 2.40 bits per heavy atom. The fourth-order valence-corrected chi connectivity index (χ4v) is 1.05. The second-order valence-electron chi connectivity index (χ2n) is 2.91. The van der Waals surface area contributed by atoms with Crippen molar-refractivity contribution in [2.45, 2.75) is 5.92 Å². The molecule has 0 aliphatic carbocycles. The van der Waals surface area contributed by atoms with E-state index in [4.69, 9.17) is 10.2 Å². The Hall–Kier alpha value is -1.56. The monoisotopic (exact) mass is 220 g/mol. The number of ether oxygens (including phenoxy) is 1. The molecule has 0 aliphatic heterocycles. The number of alkyl halides is 2. The van der Waals surface area contributed by atoms with Gasteiger partial charge >= 0.3 is 0 Å². The number of phenols is 2. The van der Waals surface area contributed by atoms with Crippen molar-refractivity contribution in [2.75, 3.05) is 13.7 Å². The van der Waals surface area contributed by atoms with Crippen molar-refractivity contribution in [1.82, 2.24) is 0 Å². The van der Waals surface area contributed by atoms with Crippen LogP contribution < -0.4 is 4.74 Å². The molecular formula is C9H10F2O4. The first-order chi connectivity index (χ1) is 6.92. The summed E-state index contributed by atoms with van der Waals surface area (Å²) in [6.07, 6.45) is 0. The van der Waals surface area contributed by atoms with Crippen LogP contribution in [-0.2, 0) is 5.92 Å². The number of aromatic hydroxyl groups is 2. The summed E-state index contributed by atoms with van der Waals surface area (Å²) in [5.74, 6) is -5.11. The maximum atomic E-state index is 13.0. The van der Waals surface area contributed by atoms with Gasteiger partial charge in [0.1, 0.15) is 6.61 Å². The molecule has 0 amide bonds. The summed E-state index contributed by atoms with van der Waals surface area (Å²) < 4.78 is 30.6. The number of rotatable bonds is 3. The third kappa shape index (κ3) is 2.10. The van der Waals surface area contributed by atoms with Gasteiger partial charge < -0.3 is 20.1 Å². The number of halogens is 2. The number of aliphatic hydroxyl groups excluding tert-OH is 1. The van der Waals surface area contributed by atoms with Gasteiger partial charge in [0.25, 0.3) is 5.92 Å². The van der Waals surface area contributed by atoms with E-state index in [1.165, 1.54) is 0 Å². The molecule has 0 radical (unpaired) electrons. The van der Waals surface area contributed by atoms with Crippen LogP contribution in [-0.4, -0.2) is 29.0 Å². The number of benzene rings is 1. The van der Waals surface area contributed by atoms with Gasteiger partial charge in [-0.3, -0.25) is 0 Å². The summed E-state index contributed by atoms with van der Waals surface area (Å²) >= 11 is 0. The molecule has 0 saturated carbocycles. The second kappa shape index (κ2) is 3.90. The first-order valence-corrected chi connectivity index (χ1v) is 4.01. The van der Waals surface area contributed by atoms with Crippen molar-refractivity contribution < 1.29 is 28.8 Å². The number of phenolic OH excluding ortho intramolecular Hbond substituents is 2. The maximum absolute atomic E-state index is 13.0. The first-order valence-electron chi connectivity index (χ1n) is 4.01. The maximum Gasteiger partial charge on any atom is 0.296 e. The highest BCUT2D eigenvalue weighted by Crippen LogP contribution is 2.40. The van der Waals surface area contributed by atoms with Crippen molar-refractivity contribution in [3.63, 3.8) is 0 Å². The molecule has 0 heterocycles. The fourth-order valence-electron chi connectivity index (χ4n) is 1.05. The molecule has 4 nitrogen and oxygen atoms in total.